The highest BCUT2D eigenvalue weighted by Gasteiger charge is 2.41. The lowest BCUT2D eigenvalue weighted by molar-refractivity contribution is 0.0767. The van der Waals surface area contributed by atoms with Gasteiger partial charge in [-0.2, -0.15) is 0 Å². The van der Waals surface area contributed by atoms with Gasteiger partial charge in [0.15, 0.2) is 5.78 Å². The molecule has 2 aliphatic rings. The molecule has 2 bridgehead atoms. The van der Waals surface area contributed by atoms with Gasteiger partial charge in [-0.25, -0.2) is 0 Å². The third-order valence-electron chi connectivity index (χ3n) is 5.42. The summed E-state index contributed by atoms with van der Waals surface area (Å²) in [5.41, 5.74) is 2.97. The number of aryl methyl sites for hydroxylation is 2. The smallest absolute Gasteiger partial charge is 0.166 e. The predicted molar refractivity (Wildman–Crippen MR) is 84.1 cm³/mol. The number of hydrogen-bond acceptors (Lipinski definition) is 3. The summed E-state index contributed by atoms with van der Waals surface area (Å²) in [5, 5.41) is 0. The number of carbonyl (C=O) groups excluding carboxylic acids is 1. The topological polar surface area (TPSA) is 29.5 Å². The Morgan fingerprint density at radius 2 is 1.67 bits per heavy atom. The van der Waals surface area contributed by atoms with E-state index in [2.05, 4.69) is 11.9 Å². The molecule has 0 spiro atoms. The Morgan fingerprint density at radius 1 is 1.14 bits per heavy atom. The maximum absolute atomic E-state index is 12.9. The van der Waals surface area contributed by atoms with E-state index >= 15 is 0 Å². The molecule has 0 N–H and O–H groups in total. The monoisotopic (exact) mass is 287 g/mol. The third-order valence-corrected chi connectivity index (χ3v) is 5.42. The number of hydrogen-bond donors (Lipinski definition) is 0. The molecule has 21 heavy (non-hydrogen) atoms. The van der Waals surface area contributed by atoms with Gasteiger partial charge in [0, 0.05) is 23.6 Å². The lowest BCUT2D eigenvalue weighted by Crippen LogP contribution is -2.42. The van der Waals surface area contributed by atoms with Crippen LogP contribution in [-0.2, 0) is 0 Å². The molecule has 3 heteroatoms. The van der Waals surface area contributed by atoms with E-state index in [9.17, 15) is 4.79 Å². The lowest BCUT2D eigenvalue weighted by atomic mass is 9.84. The minimum Gasteiger partial charge on any atom is -0.496 e. The van der Waals surface area contributed by atoms with Crippen LogP contribution in [0.25, 0.3) is 0 Å². The van der Waals surface area contributed by atoms with Crippen LogP contribution >= 0.6 is 0 Å². The summed E-state index contributed by atoms with van der Waals surface area (Å²) in [6, 6.07) is 5.21. The van der Waals surface area contributed by atoms with Gasteiger partial charge in [-0.1, -0.05) is 0 Å². The second-order valence-corrected chi connectivity index (χ2v) is 6.73. The van der Waals surface area contributed by atoms with Gasteiger partial charge in [0.25, 0.3) is 0 Å². The molecule has 0 radical (unpaired) electrons. The molecule has 3 nitrogen and oxygen atoms in total. The zero-order chi connectivity index (χ0) is 15.1. The minimum absolute atomic E-state index is 0.200. The molecular weight excluding hydrogens is 262 g/mol. The summed E-state index contributed by atoms with van der Waals surface area (Å²) in [6.07, 6.45) is 4.56. The van der Waals surface area contributed by atoms with Gasteiger partial charge in [0.1, 0.15) is 5.75 Å². The van der Waals surface area contributed by atoms with Crippen LogP contribution in [0.2, 0.25) is 0 Å². The van der Waals surface area contributed by atoms with E-state index in [1.54, 1.807) is 7.11 Å². The highest BCUT2D eigenvalue weighted by atomic mass is 16.5. The lowest BCUT2D eigenvalue weighted by Gasteiger charge is -2.35. The molecule has 3 rings (SSSR count). The van der Waals surface area contributed by atoms with Gasteiger partial charge in [0.2, 0.25) is 0 Å². The van der Waals surface area contributed by atoms with Gasteiger partial charge in [0.05, 0.1) is 7.11 Å². The molecule has 2 saturated heterocycles. The van der Waals surface area contributed by atoms with Gasteiger partial charge < -0.3 is 9.64 Å². The number of piperidine rings is 1. The molecule has 0 saturated carbocycles. The van der Waals surface area contributed by atoms with Crippen LogP contribution in [0.5, 0.6) is 5.75 Å². The van der Waals surface area contributed by atoms with Crippen LogP contribution in [-0.4, -0.2) is 36.9 Å². The van der Waals surface area contributed by atoms with Crippen molar-refractivity contribution in [3.63, 3.8) is 0 Å². The molecule has 1 aromatic rings. The first kappa shape index (κ1) is 14.6. The fourth-order valence-corrected chi connectivity index (χ4v) is 4.28. The van der Waals surface area contributed by atoms with Crippen molar-refractivity contribution in [1.82, 2.24) is 4.90 Å². The number of fused-ring (bicyclic) bond motifs is 2. The van der Waals surface area contributed by atoms with E-state index in [1.165, 1.54) is 12.8 Å². The Morgan fingerprint density at radius 3 is 2.14 bits per heavy atom. The van der Waals surface area contributed by atoms with E-state index in [4.69, 9.17) is 4.74 Å². The van der Waals surface area contributed by atoms with Crippen LogP contribution in [0.3, 0.4) is 0 Å². The fraction of sp³-hybridized carbons (Fsp3) is 0.611. The highest BCUT2D eigenvalue weighted by molar-refractivity contribution is 5.98. The molecular formula is C18H25NO2. The van der Waals surface area contributed by atoms with Crippen molar-refractivity contribution in [3.05, 3.63) is 28.8 Å². The fourth-order valence-electron chi connectivity index (χ4n) is 4.28. The predicted octanol–water partition coefficient (Wildman–Crippen LogP) is 3.37. The van der Waals surface area contributed by atoms with Crippen LogP contribution in [0, 0.1) is 19.8 Å². The average Bonchev–Trinajstić information content (AvgIpc) is 2.67. The quantitative estimate of drug-likeness (QED) is 0.798. The second-order valence-electron chi connectivity index (χ2n) is 6.73. The number of benzene rings is 1. The summed E-state index contributed by atoms with van der Waals surface area (Å²) < 4.78 is 5.40. The second kappa shape index (κ2) is 5.45. The van der Waals surface area contributed by atoms with E-state index < -0.39 is 0 Å². The van der Waals surface area contributed by atoms with E-state index in [1.807, 2.05) is 26.0 Å². The average molecular weight is 287 g/mol. The molecule has 114 valence electrons. The van der Waals surface area contributed by atoms with Crippen molar-refractivity contribution >= 4 is 5.78 Å². The molecule has 2 heterocycles. The van der Waals surface area contributed by atoms with Crippen LogP contribution < -0.4 is 4.74 Å². The molecule has 1 aromatic carbocycles. The number of nitrogens with zero attached hydrogens (tertiary/aromatic N) is 1. The normalized spacial score (nSPS) is 28.7. The summed E-state index contributed by atoms with van der Waals surface area (Å²) in [7, 11) is 3.90. The van der Waals surface area contributed by atoms with Gasteiger partial charge in [-0.05, 0) is 69.8 Å². The number of ether oxygens (including phenoxy) is 1. The maximum Gasteiger partial charge on any atom is 0.166 e. The van der Waals surface area contributed by atoms with Crippen molar-refractivity contribution in [1.29, 1.82) is 0 Å². The molecule has 0 aliphatic carbocycles. The Kier molecular flexibility index (Phi) is 3.78. The van der Waals surface area contributed by atoms with E-state index in [0.29, 0.717) is 17.9 Å². The van der Waals surface area contributed by atoms with Gasteiger partial charge in [-0.15, -0.1) is 0 Å². The molecule has 2 aliphatic heterocycles. The number of ketones is 1. The minimum atomic E-state index is 0.200. The Labute approximate surface area is 127 Å². The summed E-state index contributed by atoms with van der Waals surface area (Å²) in [6.45, 7) is 4.03. The maximum atomic E-state index is 12.9. The van der Waals surface area contributed by atoms with Crippen molar-refractivity contribution in [3.8, 4) is 5.75 Å². The van der Waals surface area contributed by atoms with Gasteiger partial charge in [-0.3, -0.25) is 4.79 Å². The molecule has 0 aromatic heterocycles. The van der Waals surface area contributed by atoms with Crippen LogP contribution in [0.1, 0.15) is 47.2 Å². The van der Waals surface area contributed by atoms with Crippen LogP contribution in [0.4, 0.5) is 0 Å². The first-order chi connectivity index (χ1) is 10.0. The molecule has 0 amide bonds. The summed E-state index contributed by atoms with van der Waals surface area (Å²) >= 11 is 0. The van der Waals surface area contributed by atoms with E-state index in [0.717, 1.165) is 35.3 Å². The van der Waals surface area contributed by atoms with Crippen molar-refractivity contribution in [2.24, 2.45) is 5.92 Å². The largest absolute Gasteiger partial charge is 0.496 e. The van der Waals surface area contributed by atoms with Crippen LogP contribution in [0.15, 0.2) is 12.1 Å². The molecule has 2 unspecified atom stereocenters. The number of Topliss-reactive ketones (excluding diaryl/α,β-unsaturated/α-hetero) is 1. The Balaban J connectivity index is 1.83. The standard InChI is InChI=1S/C18H25NO2/c1-11-7-13(8-12(2)18(11)21-4)17(20)14-9-15-5-6-16(10-14)19(15)3/h7-8,14-16H,5-6,9-10H2,1-4H3. The van der Waals surface area contributed by atoms with Gasteiger partial charge >= 0.3 is 0 Å². The Bertz CT molecular complexity index is 529. The molecule has 2 fully saturated rings. The number of carbonyl (C=O) groups is 1. The third kappa shape index (κ3) is 2.48. The van der Waals surface area contributed by atoms with Crippen molar-refractivity contribution < 1.29 is 9.53 Å². The number of rotatable bonds is 3. The van der Waals surface area contributed by atoms with E-state index in [-0.39, 0.29) is 5.92 Å². The first-order valence-electron chi connectivity index (χ1n) is 7.92. The van der Waals surface area contributed by atoms with Crippen molar-refractivity contribution in [2.45, 2.75) is 51.6 Å². The Hall–Kier alpha value is -1.35. The summed E-state index contributed by atoms with van der Waals surface area (Å²) in [5.74, 6) is 1.43. The zero-order valence-corrected chi connectivity index (χ0v) is 13.5. The number of methoxy groups -OCH3 is 1. The molecule has 2 atom stereocenters. The van der Waals surface area contributed by atoms with Crippen molar-refractivity contribution in [2.75, 3.05) is 14.2 Å². The summed E-state index contributed by atoms with van der Waals surface area (Å²) in [4.78, 5) is 15.4. The SMILES string of the molecule is COc1c(C)cc(C(=O)C2CC3CCC(C2)N3C)cc1C. The highest BCUT2D eigenvalue weighted by Crippen LogP contribution is 2.39. The zero-order valence-electron chi connectivity index (χ0n) is 13.5. The first-order valence-corrected chi connectivity index (χ1v) is 7.92.